The van der Waals surface area contributed by atoms with E-state index in [9.17, 15) is 18.0 Å². The minimum atomic E-state index is -4.87. The van der Waals surface area contributed by atoms with Crippen LogP contribution in [0.2, 0.25) is 19.1 Å². The van der Waals surface area contributed by atoms with Crippen molar-refractivity contribution in [2.75, 3.05) is 0 Å². The molecule has 0 aromatic carbocycles. The Labute approximate surface area is 102 Å². The molecule has 0 amide bonds. The number of hydrogen-bond donors (Lipinski definition) is 0. The fraction of sp³-hybridized carbons (Fsp3) is 0.909. The normalized spacial score (nSPS) is 12.6. The molecule has 0 aliphatic heterocycles. The number of halogens is 3. The molecule has 0 aromatic rings. The topological polar surface area (TPSA) is 26.3 Å². The van der Waals surface area contributed by atoms with Crippen LogP contribution >= 0.6 is 0 Å². The van der Waals surface area contributed by atoms with Crippen LogP contribution in [0.3, 0.4) is 0 Å². The van der Waals surface area contributed by atoms with Gasteiger partial charge in [0.05, 0.1) is 0 Å². The van der Waals surface area contributed by atoms with Gasteiger partial charge in [-0.15, -0.1) is 0 Å². The summed E-state index contributed by atoms with van der Waals surface area (Å²) in [6.07, 6.45) is 0.326. The van der Waals surface area contributed by atoms with Gasteiger partial charge in [0.15, 0.2) is 0 Å². The Balaban J connectivity index is 3.91. The summed E-state index contributed by atoms with van der Waals surface area (Å²) in [6.45, 7) is 5.40. The fourth-order valence-corrected chi connectivity index (χ4v) is 3.34. The van der Waals surface area contributed by atoms with Gasteiger partial charge in [-0.25, -0.2) is 4.79 Å². The van der Waals surface area contributed by atoms with Crippen LogP contribution in [-0.2, 0) is 9.22 Å². The maximum Gasteiger partial charge on any atom is 0.489 e. The summed E-state index contributed by atoms with van der Waals surface area (Å²) in [5.41, 5.74) is 0. The van der Waals surface area contributed by atoms with Crippen molar-refractivity contribution in [3.8, 4) is 0 Å². The second-order valence-corrected chi connectivity index (χ2v) is 9.03. The number of unbranched alkanes of at least 4 members (excludes halogenated alkanes) is 4. The van der Waals surface area contributed by atoms with Crippen molar-refractivity contribution in [1.82, 2.24) is 0 Å². The molecule has 0 heterocycles. The standard InChI is InChI=1S/C11H21F3O2Si/c1-4-5-6-7-8-9-17(2,3)16-10(15)11(12,13)14/h4-9H2,1-3H3. The van der Waals surface area contributed by atoms with Gasteiger partial charge < -0.3 is 4.43 Å². The summed E-state index contributed by atoms with van der Waals surface area (Å²) in [7, 11) is -2.51. The first-order valence-electron chi connectivity index (χ1n) is 5.99. The molecule has 0 bridgehead atoms. The molecule has 0 aromatic heterocycles. The van der Waals surface area contributed by atoms with Crippen molar-refractivity contribution in [2.24, 2.45) is 0 Å². The van der Waals surface area contributed by atoms with E-state index in [0.717, 1.165) is 32.1 Å². The minimum Gasteiger partial charge on any atom is -0.513 e. The average Bonchev–Trinajstić information content (AvgIpc) is 2.15. The molecular formula is C11H21F3O2Si. The van der Waals surface area contributed by atoms with E-state index in [2.05, 4.69) is 11.3 Å². The smallest absolute Gasteiger partial charge is 0.489 e. The van der Waals surface area contributed by atoms with Crippen LogP contribution in [0.5, 0.6) is 0 Å². The molecule has 6 heteroatoms. The number of alkyl halides is 3. The van der Waals surface area contributed by atoms with Gasteiger partial charge >= 0.3 is 12.1 Å². The zero-order chi connectivity index (χ0) is 13.5. The number of carbonyl (C=O) groups is 1. The highest BCUT2D eigenvalue weighted by Gasteiger charge is 2.44. The van der Waals surface area contributed by atoms with Crippen LogP contribution in [0.25, 0.3) is 0 Å². The average molecular weight is 270 g/mol. The largest absolute Gasteiger partial charge is 0.513 e. The van der Waals surface area contributed by atoms with Crippen molar-refractivity contribution in [1.29, 1.82) is 0 Å². The SMILES string of the molecule is CCCCCCC[Si](C)(C)OC(=O)C(F)(F)F. The molecule has 0 aliphatic rings. The van der Waals surface area contributed by atoms with Crippen LogP contribution in [0, 0.1) is 0 Å². The van der Waals surface area contributed by atoms with E-state index in [4.69, 9.17) is 0 Å². The predicted octanol–water partition coefficient (Wildman–Crippen LogP) is 4.27. The summed E-state index contributed by atoms with van der Waals surface area (Å²) in [5, 5.41) is 0. The molecule has 0 N–H and O–H groups in total. The van der Waals surface area contributed by atoms with Crippen LogP contribution in [0.15, 0.2) is 0 Å². The third-order valence-electron chi connectivity index (χ3n) is 2.48. The molecule has 0 fully saturated rings. The first kappa shape index (κ1) is 16.5. The Bertz CT molecular complexity index is 239. The summed E-state index contributed by atoms with van der Waals surface area (Å²) in [5.74, 6) is -2.04. The van der Waals surface area contributed by atoms with Crippen LogP contribution < -0.4 is 0 Å². The molecular weight excluding hydrogens is 249 g/mol. The lowest BCUT2D eigenvalue weighted by Crippen LogP contribution is -2.39. The summed E-state index contributed by atoms with van der Waals surface area (Å²) in [4.78, 5) is 10.7. The van der Waals surface area contributed by atoms with Gasteiger partial charge in [0.1, 0.15) is 0 Å². The highest BCUT2D eigenvalue weighted by atomic mass is 28.4. The van der Waals surface area contributed by atoms with Gasteiger partial charge in [-0.05, 0) is 19.1 Å². The summed E-state index contributed by atoms with van der Waals surface area (Å²) in [6, 6.07) is 0.596. The van der Waals surface area contributed by atoms with E-state index in [-0.39, 0.29) is 0 Å². The van der Waals surface area contributed by atoms with Crippen LogP contribution in [0.1, 0.15) is 39.0 Å². The second kappa shape index (κ2) is 7.03. The lowest BCUT2D eigenvalue weighted by Gasteiger charge is -2.23. The molecule has 0 radical (unpaired) electrons. The van der Waals surface area contributed by atoms with Crippen LogP contribution in [0.4, 0.5) is 13.2 Å². The van der Waals surface area contributed by atoms with Crippen LogP contribution in [-0.4, -0.2) is 20.5 Å². The molecule has 0 unspecified atom stereocenters. The molecule has 0 saturated heterocycles. The third-order valence-corrected chi connectivity index (χ3v) is 4.78. The molecule has 0 spiro atoms. The third kappa shape index (κ3) is 8.23. The highest BCUT2D eigenvalue weighted by Crippen LogP contribution is 2.23. The van der Waals surface area contributed by atoms with Crippen molar-refractivity contribution < 1.29 is 22.4 Å². The first-order chi connectivity index (χ1) is 7.69. The molecule has 17 heavy (non-hydrogen) atoms. The predicted molar refractivity (Wildman–Crippen MR) is 63.2 cm³/mol. The zero-order valence-corrected chi connectivity index (χ0v) is 11.7. The lowest BCUT2D eigenvalue weighted by atomic mass is 10.2. The van der Waals surface area contributed by atoms with Crippen molar-refractivity contribution >= 4 is 14.3 Å². The van der Waals surface area contributed by atoms with Gasteiger partial charge in [-0.1, -0.05) is 39.0 Å². The molecule has 0 saturated carbocycles. The van der Waals surface area contributed by atoms with Crippen molar-refractivity contribution in [3.63, 3.8) is 0 Å². The summed E-state index contributed by atoms with van der Waals surface area (Å²) < 4.78 is 40.6. The van der Waals surface area contributed by atoms with E-state index in [1.165, 1.54) is 0 Å². The van der Waals surface area contributed by atoms with E-state index >= 15 is 0 Å². The molecule has 0 rings (SSSR count). The molecule has 102 valence electrons. The molecule has 0 atom stereocenters. The molecule has 2 nitrogen and oxygen atoms in total. The molecule has 0 aliphatic carbocycles. The maximum absolute atomic E-state index is 12.0. The van der Waals surface area contributed by atoms with Gasteiger partial charge in [0.25, 0.3) is 0 Å². The monoisotopic (exact) mass is 270 g/mol. The first-order valence-corrected chi connectivity index (χ1v) is 9.11. The van der Waals surface area contributed by atoms with Crippen molar-refractivity contribution in [2.45, 2.75) is 64.3 Å². The Kier molecular flexibility index (Phi) is 6.82. The Morgan fingerprint density at radius 1 is 1.12 bits per heavy atom. The lowest BCUT2D eigenvalue weighted by molar-refractivity contribution is -0.190. The second-order valence-electron chi connectivity index (χ2n) is 4.81. The van der Waals surface area contributed by atoms with Crippen molar-refractivity contribution in [3.05, 3.63) is 0 Å². The Morgan fingerprint density at radius 2 is 1.65 bits per heavy atom. The number of rotatable bonds is 7. The zero-order valence-electron chi connectivity index (χ0n) is 10.7. The van der Waals surface area contributed by atoms with Gasteiger partial charge in [-0.3, -0.25) is 0 Å². The van der Waals surface area contributed by atoms with Gasteiger partial charge in [0, 0.05) is 0 Å². The fourth-order valence-electron chi connectivity index (χ4n) is 1.51. The number of carbonyl (C=O) groups excluding carboxylic acids is 1. The summed E-state index contributed by atoms with van der Waals surface area (Å²) >= 11 is 0. The maximum atomic E-state index is 12.0. The minimum absolute atomic E-state index is 0.596. The highest BCUT2D eigenvalue weighted by molar-refractivity contribution is 6.72. The van der Waals surface area contributed by atoms with E-state index in [0.29, 0.717) is 6.04 Å². The quantitative estimate of drug-likeness (QED) is 0.510. The van der Waals surface area contributed by atoms with E-state index in [1.54, 1.807) is 13.1 Å². The Hall–Kier alpha value is -0.523. The van der Waals surface area contributed by atoms with Gasteiger partial charge in [0.2, 0.25) is 8.32 Å². The van der Waals surface area contributed by atoms with E-state index in [1.807, 2.05) is 0 Å². The van der Waals surface area contributed by atoms with Gasteiger partial charge in [-0.2, -0.15) is 13.2 Å². The number of hydrogen-bond acceptors (Lipinski definition) is 2. The Morgan fingerprint density at radius 3 is 2.12 bits per heavy atom. The van der Waals surface area contributed by atoms with E-state index < -0.39 is 20.5 Å².